The summed E-state index contributed by atoms with van der Waals surface area (Å²) in [5.74, 6) is 4.31. The zero-order valence-electron chi connectivity index (χ0n) is 7.90. The summed E-state index contributed by atoms with van der Waals surface area (Å²) in [6, 6.07) is 0.198. The van der Waals surface area contributed by atoms with E-state index in [9.17, 15) is 4.79 Å². The van der Waals surface area contributed by atoms with E-state index in [2.05, 4.69) is 15.4 Å². The number of rotatable bonds is 3. The highest BCUT2D eigenvalue weighted by atomic mass is 32.1. The molecule has 1 aliphatic heterocycles. The van der Waals surface area contributed by atoms with E-state index in [-0.39, 0.29) is 18.0 Å². The van der Waals surface area contributed by atoms with Crippen molar-refractivity contribution >= 4 is 24.8 Å². The molecule has 4 N–H and O–H groups in total. The van der Waals surface area contributed by atoms with Crippen molar-refractivity contribution in [3.05, 3.63) is 0 Å². The number of quaternary nitrogens is 1. The van der Waals surface area contributed by atoms with E-state index in [4.69, 9.17) is 18.5 Å². The molecular weight excluding hydrogens is 204 g/mol. The van der Waals surface area contributed by atoms with Crippen LogP contribution in [0.2, 0.25) is 0 Å². The fourth-order valence-corrected chi connectivity index (χ4v) is 1.70. The van der Waals surface area contributed by atoms with Crippen LogP contribution in [0.15, 0.2) is 5.10 Å². The van der Waals surface area contributed by atoms with Crippen molar-refractivity contribution in [1.29, 1.82) is 0 Å². The van der Waals surface area contributed by atoms with Gasteiger partial charge in [0, 0.05) is 0 Å². The normalized spacial score (nSPS) is 30.9. The minimum absolute atomic E-state index is 0.198. The standard InChI is InChI=1S/C7H14N4O2S/c1-5-4-9-10-7(14)11(5)3-2-6(12)13-8/h4-5,7,10,14H,2-3,8H2,1H3. The minimum Gasteiger partial charge on any atom is -0.703 e. The van der Waals surface area contributed by atoms with Crippen molar-refractivity contribution in [2.45, 2.75) is 24.9 Å². The number of carbonyl (C=O) groups excluding carboxylic acids is 1. The fraction of sp³-hybridized carbons (Fsp3) is 0.714. The van der Waals surface area contributed by atoms with E-state index in [0.29, 0.717) is 6.54 Å². The number of hydrogen-bond acceptors (Lipinski definition) is 6. The topological polar surface area (TPSA) is 81.2 Å². The molecule has 3 atom stereocenters. The van der Waals surface area contributed by atoms with Crippen LogP contribution in [0.5, 0.6) is 0 Å². The van der Waals surface area contributed by atoms with Crippen molar-refractivity contribution in [2.24, 2.45) is 11.0 Å². The van der Waals surface area contributed by atoms with Gasteiger partial charge in [0.05, 0.1) is 24.7 Å². The molecule has 14 heavy (non-hydrogen) atoms. The molecule has 0 aromatic rings. The maximum absolute atomic E-state index is 10.8. The third-order valence-electron chi connectivity index (χ3n) is 2.16. The molecule has 80 valence electrons. The molecule has 0 fully saturated rings. The van der Waals surface area contributed by atoms with E-state index in [1.807, 2.05) is 6.92 Å². The van der Waals surface area contributed by atoms with E-state index in [1.165, 1.54) is 0 Å². The van der Waals surface area contributed by atoms with Crippen LogP contribution in [0.4, 0.5) is 0 Å². The lowest BCUT2D eigenvalue weighted by molar-refractivity contribution is -0.926. The number of nitrogens with two attached hydrogens (primary N) is 1. The van der Waals surface area contributed by atoms with Gasteiger partial charge in [-0.3, -0.25) is 10.2 Å². The van der Waals surface area contributed by atoms with Gasteiger partial charge in [-0.1, -0.05) is 0 Å². The number of nitrogens with one attached hydrogen (secondary N) is 2. The van der Waals surface area contributed by atoms with E-state index in [1.54, 1.807) is 6.21 Å². The lowest BCUT2D eigenvalue weighted by Crippen LogP contribution is -3.21. The third-order valence-corrected chi connectivity index (χ3v) is 2.57. The quantitative estimate of drug-likeness (QED) is 0.360. The average molecular weight is 218 g/mol. The first kappa shape index (κ1) is 11.3. The van der Waals surface area contributed by atoms with Gasteiger partial charge in [-0.15, -0.1) is 0 Å². The molecular formula is C7H14N4O2S. The number of hydrogen-bond donors (Lipinski definition) is 3. The first-order valence-electron chi connectivity index (χ1n) is 4.35. The van der Waals surface area contributed by atoms with Gasteiger partial charge in [0.2, 0.25) is 0 Å². The molecule has 0 saturated carbocycles. The smallest absolute Gasteiger partial charge is 0.330 e. The Balaban J connectivity index is 2.42. The Morgan fingerprint density at radius 1 is 1.86 bits per heavy atom. The second kappa shape index (κ2) is 5.18. The van der Waals surface area contributed by atoms with Gasteiger partial charge >= 0.3 is 5.97 Å². The predicted octanol–water partition coefficient (Wildman–Crippen LogP) is -2.51. The number of carbonyl (C=O) groups is 1. The molecule has 0 saturated heterocycles. The zero-order valence-corrected chi connectivity index (χ0v) is 8.71. The van der Waals surface area contributed by atoms with Gasteiger partial charge in [-0.05, 0) is 6.92 Å². The molecule has 1 aliphatic rings. The maximum Gasteiger partial charge on any atom is 0.330 e. The Morgan fingerprint density at radius 2 is 2.57 bits per heavy atom. The largest absolute Gasteiger partial charge is 0.703 e. The van der Waals surface area contributed by atoms with Gasteiger partial charge in [-0.2, -0.15) is 11.0 Å². The Labute approximate surface area is 87.8 Å². The summed E-state index contributed by atoms with van der Waals surface area (Å²) in [4.78, 5) is 16.0. The fourth-order valence-electron chi connectivity index (χ4n) is 1.30. The molecule has 1 rings (SSSR count). The van der Waals surface area contributed by atoms with Crippen LogP contribution in [0, 0.1) is 0 Å². The van der Waals surface area contributed by atoms with Crippen molar-refractivity contribution in [3.8, 4) is 0 Å². The molecule has 1 heterocycles. The Morgan fingerprint density at radius 3 is 3.14 bits per heavy atom. The lowest BCUT2D eigenvalue weighted by atomic mass is 10.3. The van der Waals surface area contributed by atoms with Gasteiger partial charge in [0.1, 0.15) is 6.04 Å². The highest BCUT2D eigenvalue weighted by Gasteiger charge is 2.21. The number of nitrogens with zero attached hydrogens (tertiary/aromatic N) is 1. The summed E-state index contributed by atoms with van der Waals surface area (Å²) in [5, 5.41) is 3.90. The third kappa shape index (κ3) is 2.86. The molecule has 0 bridgehead atoms. The van der Waals surface area contributed by atoms with Crippen molar-refractivity contribution in [1.82, 2.24) is 5.43 Å². The first-order chi connectivity index (χ1) is 6.65. The van der Waals surface area contributed by atoms with E-state index in [0.717, 1.165) is 4.90 Å². The highest BCUT2D eigenvalue weighted by molar-refractivity contribution is 7.59. The van der Waals surface area contributed by atoms with Gasteiger partial charge < -0.3 is 22.4 Å². The molecule has 0 aliphatic carbocycles. The van der Waals surface area contributed by atoms with Gasteiger partial charge in [0.15, 0.2) is 0 Å². The summed E-state index contributed by atoms with van der Waals surface area (Å²) in [6.45, 7) is 2.58. The predicted molar refractivity (Wildman–Crippen MR) is 53.0 cm³/mol. The van der Waals surface area contributed by atoms with Gasteiger partial charge in [0.25, 0.3) is 0 Å². The SMILES string of the molecule is CC1C=NNC([S-])[NH+]1CCC(=O)ON. The molecule has 7 heteroatoms. The molecule has 6 nitrogen and oxygen atoms in total. The summed E-state index contributed by atoms with van der Waals surface area (Å²) in [5.41, 5.74) is 2.56. The molecule has 0 aromatic heterocycles. The summed E-state index contributed by atoms with van der Waals surface area (Å²) in [6.07, 6.45) is 2.03. The highest BCUT2D eigenvalue weighted by Crippen LogP contribution is 1.84. The molecule has 0 amide bonds. The maximum atomic E-state index is 10.8. The van der Waals surface area contributed by atoms with Crippen LogP contribution in [0.25, 0.3) is 0 Å². The van der Waals surface area contributed by atoms with Crippen molar-refractivity contribution in [3.63, 3.8) is 0 Å². The Bertz CT molecular complexity index is 236. The second-order valence-corrected chi connectivity index (χ2v) is 3.61. The van der Waals surface area contributed by atoms with Crippen LogP contribution < -0.4 is 16.2 Å². The van der Waals surface area contributed by atoms with Crippen molar-refractivity contribution < 1.29 is 14.5 Å². The monoisotopic (exact) mass is 218 g/mol. The van der Waals surface area contributed by atoms with Gasteiger partial charge in [-0.25, -0.2) is 0 Å². The lowest BCUT2D eigenvalue weighted by Gasteiger charge is -2.38. The summed E-state index contributed by atoms with van der Waals surface area (Å²) < 4.78 is 0. The van der Waals surface area contributed by atoms with E-state index >= 15 is 0 Å². The van der Waals surface area contributed by atoms with Crippen LogP contribution in [-0.4, -0.2) is 30.3 Å². The average Bonchev–Trinajstić information content (AvgIpc) is 2.16. The summed E-state index contributed by atoms with van der Waals surface area (Å²) >= 11 is 5.13. The molecule has 0 aromatic carbocycles. The zero-order chi connectivity index (χ0) is 10.6. The minimum atomic E-state index is -0.422. The Kier molecular flexibility index (Phi) is 4.18. The van der Waals surface area contributed by atoms with Crippen molar-refractivity contribution in [2.75, 3.05) is 6.54 Å². The Hall–Kier alpha value is -0.790. The summed E-state index contributed by atoms with van der Waals surface area (Å²) in [7, 11) is 0. The van der Waals surface area contributed by atoms with Crippen LogP contribution in [0.3, 0.4) is 0 Å². The molecule has 0 spiro atoms. The van der Waals surface area contributed by atoms with Crippen LogP contribution in [-0.2, 0) is 22.3 Å². The molecule has 3 unspecified atom stereocenters. The van der Waals surface area contributed by atoms with E-state index < -0.39 is 5.97 Å². The van der Waals surface area contributed by atoms with Crippen LogP contribution in [0.1, 0.15) is 13.3 Å². The second-order valence-electron chi connectivity index (χ2n) is 3.14. The van der Waals surface area contributed by atoms with Crippen LogP contribution >= 0.6 is 0 Å². The molecule has 0 radical (unpaired) electrons. The first-order valence-corrected chi connectivity index (χ1v) is 4.82. The number of hydrazone groups is 1.